The van der Waals surface area contributed by atoms with Gasteiger partial charge in [-0.05, 0) is 32.0 Å². The van der Waals surface area contributed by atoms with Crippen LogP contribution in [0.1, 0.15) is 23.1 Å². The normalized spacial score (nSPS) is 12.1. The van der Waals surface area contributed by atoms with Gasteiger partial charge in [-0.1, -0.05) is 18.2 Å². The van der Waals surface area contributed by atoms with Crippen LogP contribution in [0.5, 0.6) is 0 Å². The fourth-order valence-corrected chi connectivity index (χ4v) is 2.99. The lowest BCUT2D eigenvalue weighted by Crippen LogP contribution is -2.29. The zero-order valence-corrected chi connectivity index (χ0v) is 13.0. The third-order valence-electron chi connectivity index (χ3n) is 3.01. The second kappa shape index (κ2) is 7.17. The van der Waals surface area contributed by atoms with Crippen LogP contribution < -0.4 is 5.32 Å². The highest BCUT2D eigenvalue weighted by atomic mass is 32.2. The number of nitrogens with zero attached hydrogens (tertiary/aromatic N) is 2. The molecule has 0 unspecified atom stereocenters. The number of hydrogen-bond acceptors (Lipinski definition) is 3. The molecule has 0 bridgehead atoms. The summed E-state index contributed by atoms with van der Waals surface area (Å²) >= 11 is 0. The van der Waals surface area contributed by atoms with E-state index in [-0.39, 0.29) is 5.91 Å². The van der Waals surface area contributed by atoms with Crippen LogP contribution in [-0.4, -0.2) is 32.2 Å². The second-order valence-electron chi connectivity index (χ2n) is 4.61. The molecule has 0 aliphatic carbocycles. The van der Waals surface area contributed by atoms with Crippen LogP contribution >= 0.6 is 0 Å². The molecular formula is C15H19N3O2S. The monoisotopic (exact) mass is 305 g/mol. The van der Waals surface area contributed by atoms with Gasteiger partial charge in [0.25, 0.3) is 5.91 Å². The molecule has 1 aromatic carbocycles. The van der Waals surface area contributed by atoms with Crippen molar-refractivity contribution in [3.05, 3.63) is 47.8 Å². The van der Waals surface area contributed by atoms with Gasteiger partial charge in [-0.3, -0.25) is 13.7 Å². The average Bonchev–Trinajstić information content (AvgIpc) is 2.89. The molecule has 1 amide bonds. The van der Waals surface area contributed by atoms with Gasteiger partial charge in [0.1, 0.15) is 5.69 Å². The Balaban J connectivity index is 1.88. The summed E-state index contributed by atoms with van der Waals surface area (Å²) in [5, 5.41) is 7.03. The van der Waals surface area contributed by atoms with Gasteiger partial charge in [0, 0.05) is 23.7 Å². The van der Waals surface area contributed by atoms with Crippen molar-refractivity contribution in [1.82, 2.24) is 15.1 Å². The van der Waals surface area contributed by atoms with Crippen molar-refractivity contribution in [3.8, 4) is 0 Å². The molecule has 1 N–H and O–H groups in total. The van der Waals surface area contributed by atoms with Crippen LogP contribution in [0.3, 0.4) is 0 Å². The highest BCUT2D eigenvalue weighted by Crippen LogP contribution is 2.06. The van der Waals surface area contributed by atoms with Crippen molar-refractivity contribution in [3.63, 3.8) is 0 Å². The number of rotatable bonds is 6. The van der Waals surface area contributed by atoms with E-state index in [0.717, 1.165) is 10.6 Å². The minimum Gasteiger partial charge on any atom is -0.350 e. The number of aryl methyl sites for hydroxylation is 2. The van der Waals surface area contributed by atoms with Gasteiger partial charge in [0.15, 0.2) is 0 Å². The summed E-state index contributed by atoms with van der Waals surface area (Å²) in [6, 6.07) is 11.0. The standard InChI is InChI=1S/C15H19N3O2S/c1-3-18-14(11-12(2)17-18)15(19)16-9-10-21(20)13-7-5-4-6-8-13/h4-8,11H,3,9-10H2,1-2H3,(H,16,19)/t21-/m1/s1. The molecule has 0 aliphatic heterocycles. The predicted octanol–water partition coefficient (Wildman–Crippen LogP) is 1.75. The van der Waals surface area contributed by atoms with Crippen molar-refractivity contribution in [1.29, 1.82) is 0 Å². The van der Waals surface area contributed by atoms with E-state index >= 15 is 0 Å². The largest absolute Gasteiger partial charge is 0.350 e. The zero-order chi connectivity index (χ0) is 15.2. The average molecular weight is 305 g/mol. The van der Waals surface area contributed by atoms with E-state index < -0.39 is 10.8 Å². The van der Waals surface area contributed by atoms with Crippen LogP contribution in [0, 0.1) is 6.92 Å². The molecule has 0 radical (unpaired) electrons. The highest BCUT2D eigenvalue weighted by molar-refractivity contribution is 7.85. The van der Waals surface area contributed by atoms with Crippen LogP contribution in [0.4, 0.5) is 0 Å². The minimum atomic E-state index is -1.10. The van der Waals surface area contributed by atoms with Gasteiger partial charge in [-0.15, -0.1) is 0 Å². The molecule has 1 aromatic heterocycles. The summed E-state index contributed by atoms with van der Waals surface area (Å²) in [6.45, 7) is 4.81. The molecule has 1 heterocycles. The van der Waals surface area contributed by atoms with E-state index in [2.05, 4.69) is 10.4 Å². The molecule has 2 aromatic rings. The number of aromatic nitrogens is 2. The van der Waals surface area contributed by atoms with Crippen molar-refractivity contribution >= 4 is 16.7 Å². The van der Waals surface area contributed by atoms with Gasteiger partial charge in [-0.25, -0.2) is 0 Å². The Bertz CT molecular complexity index is 638. The van der Waals surface area contributed by atoms with Gasteiger partial charge in [-0.2, -0.15) is 5.10 Å². The third-order valence-corrected chi connectivity index (χ3v) is 4.39. The van der Waals surface area contributed by atoms with E-state index in [1.807, 2.05) is 44.2 Å². The lowest BCUT2D eigenvalue weighted by Gasteiger charge is -2.06. The van der Waals surface area contributed by atoms with E-state index in [9.17, 15) is 9.00 Å². The van der Waals surface area contributed by atoms with Gasteiger partial charge in [0.05, 0.1) is 16.5 Å². The van der Waals surface area contributed by atoms with Crippen LogP contribution in [0.25, 0.3) is 0 Å². The number of hydrogen-bond donors (Lipinski definition) is 1. The Labute approximate surface area is 126 Å². The highest BCUT2D eigenvalue weighted by Gasteiger charge is 2.13. The number of nitrogens with one attached hydrogen (secondary N) is 1. The first kappa shape index (κ1) is 15.4. The van der Waals surface area contributed by atoms with E-state index in [0.29, 0.717) is 24.5 Å². The van der Waals surface area contributed by atoms with Crippen LogP contribution in [-0.2, 0) is 17.3 Å². The van der Waals surface area contributed by atoms with Crippen molar-refractivity contribution < 1.29 is 9.00 Å². The predicted molar refractivity (Wildman–Crippen MR) is 82.7 cm³/mol. The number of benzene rings is 1. The maximum absolute atomic E-state index is 12.1. The van der Waals surface area contributed by atoms with Crippen LogP contribution in [0.2, 0.25) is 0 Å². The summed E-state index contributed by atoms with van der Waals surface area (Å²) in [5.74, 6) is 0.220. The number of carbonyl (C=O) groups excluding carboxylic acids is 1. The Morgan fingerprint density at radius 3 is 2.71 bits per heavy atom. The summed E-state index contributed by atoms with van der Waals surface area (Å²) in [6.07, 6.45) is 0. The molecule has 21 heavy (non-hydrogen) atoms. The van der Waals surface area contributed by atoms with Crippen LogP contribution in [0.15, 0.2) is 41.3 Å². The minimum absolute atomic E-state index is 0.178. The molecule has 1 atom stereocenters. The third kappa shape index (κ3) is 4.01. The molecule has 6 heteroatoms. The molecule has 0 aliphatic rings. The summed E-state index contributed by atoms with van der Waals surface area (Å²) in [7, 11) is -1.10. The summed E-state index contributed by atoms with van der Waals surface area (Å²) in [4.78, 5) is 12.9. The maximum Gasteiger partial charge on any atom is 0.269 e. The number of amides is 1. The number of carbonyl (C=O) groups is 1. The van der Waals surface area contributed by atoms with Gasteiger partial charge in [0.2, 0.25) is 0 Å². The van der Waals surface area contributed by atoms with Gasteiger partial charge < -0.3 is 5.32 Å². The molecule has 0 saturated heterocycles. The summed E-state index contributed by atoms with van der Waals surface area (Å²) in [5.41, 5.74) is 1.36. The molecule has 112 valence electrons. The van der Waals surface area contributed by atoms with Crippen molar-refractivity contribution in [2.75, 3.05) is 12.3 Å². The molecule has 5 nitrogen and oxygen atoms in total. The van der Waals surface area contributed by atoms with E-state index in [1.54, 1.807) is 10.7 Å². The van der Waals surface area contributed by atoms with E-state index in [4.69, 9.17) is 0 Å². The lowest BCUT2D eigenvalue weighted by atomic mass is 10.3. The van der Waals surface area contributed by atoms with Crippen molar-refractivity contribution in [2.24, 2.45) is 0 Å². The van der Waals surface area contributed by atoms with Gasteiger partial charge >= 0.3 is 0 Å². The SMILES string of the molecule is CCn1nc(C)cc1C(=O)NCC[S@@](=O)c1ccccc1. The van der Waals surface area contributed by atoms with Crippen molar-refractivity contribution in [2.45, 2.75) is 25.3 Å². The Kier molecular flexibility index (Phi) is 5.27. The molecule has 0 saturated carbocycles. The Hall–Kier alpha value is -1.95. The molecular weight excluding hydrogens is 286 g/mol. The Morgan fingerprint density at radius 1 is 1.33 bits per heavy atom. The molecule has 2 rings (SSSR count). The van der Waals surface area contributed by atoms with E-state index in [1.165, 1.54) is 0 Å². The molecule has 0 spiro atoms. The second-order valence-corrected chi connectivity index (χ2v) is 6.18. The summed E-state index contributed by atoms with van der Waals surface area (Å²) < 4.78 is 13.7. The zero-order valence-electron chi connectivity index (χ0n) is 12.2. The lowest BCUT2D eigenvalue weighted by molar-refractivity contribution is 0.0945. The smallest absolute Gasteiger partial charge is 0.269 e. The fraction of sp³-hybridized carbons (Fsp3) is 0.333. The maximum atomic E-state index is 12.1. The first-order chi connectivity index (χ1) is 10.1. The Morgan fingerprint density at radius 2 is 2.05 bits per heavy atom. The quantitative estimate of drug-likeness (QED) is 0.884. The first-order valence-corrected chi connectivity index (χ1v) is 8.19. The fourth-order valence-electron chi connectivity index (χ4n) is 2.01. The topological polar surface area (TPSA) is 64.0 Å². The molecule has 0 fully saturated rings. The first-order valence-electron chi connectivity index (χ1n) is 6.88.